The van der Waals surface area contributed by atoms with Crippen LogP contribution in [0.25, 0.3) is 0 Å². The SMILES string of the molecule is CC1CC1CNS(=O)(=O)c1ccc(C#CCN)c(F)c1. The zero-order valence-electron chi connectivity index (χ0n) is 11.2. The highest BCUT2D eigenvalue weighted by Crippen LogP contribution is 2.37. The van der Waals surface area contributed by atoms with Crippen LogP contribution in [-0.4, -0.2) is 21.5 Å². The van der Waals surface area contributed by atoms with Gasteiger partial charge in [-0.15, -0.1) is 0 Å². The lowest BCUT2D eigenvalue weighted by Gasteiger charge is -2.07. The van der Waals surface area contributed by atoms with Crippen LogP contribution in [0.3, 0.4) is 0 Å². The van der Waals surface area contributed by atoms with Crippen LogP contribution in [-0.2, 0) is 10.0 Å². The van der Waals surface area contributed by atoms with Crippen molar-refractivity contribution in [2.24, 2.45) is 17.6 Å². The first-order valence-corrected chi connectivity index (χ1v) is 7.90. The van der Waals surface area contributed by atoms with Crippen LogP contribution in [0.1, 0.15) is 18.9 Å². The van der Waals surface area contributed by atoms with E-state index in [9.17, 15) is 12.8 Å². The Kier molecular flexibility index (Phi) is 4.43. The second-order valence-corrected chi connectivity index (χ2v) is 6.74. The number of hydrogen-bond acceptors (Lipinski definition) is 3. The van der Waals surface area contributed by atoms with E-state index in [-0.39, 0.29) is 17.0 Å². The van der Waals surface area contributed by atoms with E-state index in [1.165, 1.54) is 12.1 Å². The molecule has 0 aromatic heterocycles. The Balaban J connectivity index is 2.13. The molecule has 1 aromatic rings. The predicted octanol–water partition coefficient (Wildman–Crippen LogP) is 1.07. The average Bonchev–Trinajstić information content (AvgIpc) is 3.11. The van der Waals surface area contributed by atoms with Gasteiger partial charge in [-0.25, -0.2) is 17.5 Å². The fraction of sp³-hybridized carbons (Fsp3) is 0.429. The Bertz CT molecular complexity index is 661. The fourth-order valence-corrected chi connectivity index (χ4v) is 3.00. The minimum absolute atomic E-state index is 0.0819. The largest absolute Gasteiger partial charge is 0.320 e. The van der Waals surface area contributed by atoms with Crippen molar-refractivity contribution >= 4 is 10.0 Å². The maximum Gasteiger partial charge on any atom is 0.240 e. The molecule has 0 spiro atoms. The summed E-state index contributed by atoms with van der Waals surface area (Å²) in [7, 11) is -3.66. The summed E-state index contributed by atoms with van der Waals surface area (Å²) in [6, 6.07) is 3.69. The summed E-state index contributed by atoms with van der Waals surface area (Å²) in [5.74, 6) is 5.37. The van der Waals surface area contributed by atoms with Crippen molar-refractivity contribution in [2.45, 2.75) is 18.2 Å². The molecule has 4 nitrogen and oxygen atoms in total. The number of hydrogen-bond donors (Lipinski definition) is 2. The summed E-state index contributed by atoms with van der Waals surface area (Å²) in [5, 5.41) is 0. The molecule has 1 fully saturated rings. The molecule has 0 radical (unpaired) electrons. The summed E-state index contributed by atoms with van der Waals surface area (Å²) in [6.45, 7) is 2.60. The van der Waals surface area contributed by atoms with Gasteiger partial charge in [0.2, 0.25) is 10.0 Å². The molecule has 108 valence electrons. The molecule has 0 aliphatic heterocycles. The number of rotatable bonds is 4. The summed E-state index contributed by atoms with van der Waals surface area (Å²) in [6.07, 6.45) is 1.03. The van der Waals surface area contributed by atoms with Gasteiger partial charge in [-0.3, -0.25) is 0 Å². The zero-order chi connectivity index (χ0) is 14.8. The molecule has 20 heavy (non-hydrogen) atoms. The first-order valence-electron chi connectivity index (χ1n) is 6.42. The van der Waals surface area contributed by atoms with Gasteiger partial charge >= 0.3 is 0 Å². The molecule has 6 heteroatoms. The monoisotopic (exact) mass is 296 g/mol. The number of nitrogens with two attached hydrogens (primary N) is 1. The Hall–Kier alpha value is -1.42. The Morgan fingerprint density at radius 2 is 2.20 bits per heavy atom. The molecule has 1 saturated carbocycles. The normalized spacial score (nSPS) is 21.1. The molecule has 1 aliphatic carbocycles. The zero-order valence-corrected chi connectivity index (χ0v) is 12.0. The highest BCUT2D eigenvalue weighted by atomic mass is 32.2. The van der Waals surface area contributed by atoms with E-state index in [0.717, 1.165) is 12.5 Å². The third kappa shape index (κ3) is 3.57. The maximum atomic E-state index is 13.7. The molecule has 0 bridgehead atoms. The quantitative estimate of drug-likeness (QED) is 0.816. The van der Waals surface area contributed by atoms with Crippen molar-refractivity contribution in [3.63, 3.8) is 0 Å². The first-order chi connectivity index (χ1) is 9.44. The fourth-order valence-electron chi connectivity index (χ4n) is 1.89. The van der Waals surface area contributed by atoms with Crippen LogP contribution >= 0.6 is 0 Å². The van der Waals surface area contributed by atoms with Gasteiger partial charge in [0.05, 0.1) is 17.0 Å². The molecule has 2 atom stereocenters. The van der Waals surface area contributed by atoms with Crippen LogP contribution in [0.5, 0.6) is 0 Å². The van der Waals surface area contributed by atoms with Crippen LogP contribution < -0.4 is 10.5 Å². The smallest absolute Gasteiger partial charge is 0.240 e. The Morgan fingerprint density at radius 1 is 1.50 bits per heavy atom. The third-order valence-electron chi connectivity index (χ3n) is 3.39. The number of benzene rings is 1. The van der Waals surface area contributed by atoms with Crippen molar-refractivity contribution in [2.75, 3.05) is 13.1 Å². The first kappa shape index (κ1) is 15.0. The molecular formula is C14H17FN2O2S. The standard InChI is InChI=1S/C14H17FN2O2S/c1-10-7-12(10)9-17-20(18,19)13-5-4-11(3-2-6-16)14(15)8-13/h4-5,8,10,12,17H,6-7,9,16H2,1H3. The van der Waals surface area contributed by atoms with Gasteiger partial charge in [-0.1, -0.05) is 18.8 Å². The van der Waals surface area contributed by atoms with Crippen LogP contribution in [0, 0.1) is 29.5 Å². The topological polar surface area (TPSA) is 72.2 Å². The lowest BCUT2D eigenvalue weighted by Crippen LogP contribution is -2.26. The van der Waals surface area contributed by atoms with E-state index >= 15 is 0 Å². The summed E-state index contributed by atoms with van der Waals surface area (Å²) in [5.41, 5.74) is 5.35. The third-order valence-corrected chi connectivity index (χ3v) is 4.81. The summed E-state index contributed by atoms with van der Waals surface area (Å²) < 4.78 is 40.3. The van der Waals surface area contributed by atoms with Crippen molar-refractivity contribution < 1.29 is 12.8 Å². The number of sulfonamides is 1. The van der Waals surface area contributed by atoms with Gasteiger partial charge in [0.1, 0.15) is 5.82 Å². The summed E-state index contributed by atoms with van der Waals surface area (Å²) in [4.78, 5) is -0.0819. The molecule has 0 saturated heterocycles. The van der Waals surface area contributed by atoms with E-state index in [0.29, 0.717) is 18.4 Å². The summed E-state index contributed by atoms with van der Waals surface area (Å²) >= 11 is 0. The lowest BCUT2D eigenvalue weighted by molar-refractivity contribution is 0.571. The van der Waals surface area contributed by atoms with Crippen LogP contribution in [0.2, 0.25) is 0 Å². The van der Waals surface area contributed by atoms with Gasteiger partial charge in [0.15, 0.2) is 0 Å². The van der Waals surface area contributed by atoms with E-state index < -0.39 is 15.8 Å². The Labute approximate surface area is 118 Å². The molecule has 2 unspecified atom stereocenters. The molecule has 0 heterocycles. The van der Waals surface area contributed by atoms with Gasteiger partial charge in [0, 0.05) is 6.54 Å². The van der Waals surface area contributed by atoms with E-state index in [1.807, 2.05) is 0 Å². The average molecular weight is 296 g/mol. The van der Waals surface area contributed by atoms with E-state index in [1.54, 1.807) is 0 Å². The van der Waals surface area contributed by atoms with E-state index in [2.05, 4.69) is 23.5 Å². The molecule has 3 N–H and O–H groups in total. The van der Waals surface area contributed by atoms with Crippen LogP contribution in [0.4, 0.5) is 4.39 Å². The van der Waals surface area contributed by atoms with Gasteiger partial charge < -0.3 is 5.73 Å². The van der Waals surface area contributed by atoms with Crippen molar-refractivity contribution in [1.82, 2.24) is 4.72 Å². The Morgan fingerprint density at radius 3 is 2.75 bits per heavy atom. The number of nitrogens with one attached hydrogen (secondary N) is 1. The molecule has 1 aromatic carbocycles. The second kappa shape index (κ2) is 5.92. The minimum atomic E-state index is -3.66. The molecule has 2 rings (SSSR count). The van der Waals surface area contributed by atoms with Crippen molar-refractivity contribution in [1.29, 1.82) is 0 Å². The number of halogens is 1. The lowest BCUT2D eigenvalue weighted by atomic mass is 10.2. The van der Waals surface area contributed by atoms with Crippen molar-refractivity contribution in [3.05, 3.63) is 29.6 Å². The molecule has 0 amide bonds. The predicted molar refractivity (Wildman–Crippen MR) is 74.8 cm³/mol. The van der Waals surface area contributed by atoms with E-state index in [4.69, 9.17) is 5.73 Å². The van der Waals surface area contributed by atoms with Gasteiger partial charge in [-0.2, -0.15) is 0 Å². The molecule has 1 aliphatic rings. The highest BCUT2D eigenvalue weighted by molar-refractivity contribution is 7.89. The van der Waals surface area contributed by atoms with Gasteiger partial charge in [-0.05, 0) is 36.5 Å². The second-order valence-electron chi connectivity index (χ2n) is 4.97. The van der Waals surface area contributed by atoms with Gasteiger partial charge in [0.25, 0.3) is 0 Å². The highest BCUT2D eigenvalue weighted by Gasteiger charge is 2.33. The maximum absolute atomic E-state index is 13.7. The minimum Gasteiger partial charge on any atom is -0.320 e. The molecular weight excluding hydrogens is 279 g/mol. The van der Waals surface area contributed by atoms with Crippen molar-refractivity contribution in [3.8, 4) is 11.8 Å². The van der Waals surface area contributed by atoms with Crippen LogP contribution in [0.15, 0.2) is 23.1 Å².